The highest BCUT2D eigenvalue weighted by Gasteiger charge is 2.24. The molecular weight excluding hydrogens is 148 g/mol. The van der Waals surface area contributed by atoms with Gasteiger partial charge < -0.3 is 5.11 Å². The van der Waals surface area contributed by atoms with Gasteiger partial charge in [-0.2, -0.15) is 0 Å². The molecule has 0 spiro atoms. The Hall–Kier alpha value is -0.300. The van der Waals surface area contributed by atoms with Crippen molar-refractivity contribution in [3.05, 3.63) is 11.6 Å². The van der Waals surface area contributed by atoms with Crippen molar-refractivity contribution in [3.63, 3.8) is 0 Å². The zero-order valence-corrected chi connectivity index (χ0v) is 8.38. The van der Waals surface area contributed by atoms with Gasteiger partial charge in [0.2, 0.25) is 0 Å². The Balaban J connectivity index is 2.46. The van der Waals surface area contributed by atoms with Crippen LogP contribution in [0.15, 0.2) is 11.6 Å². The Kier molecular flexibility index (Phi) is 3.33. The molecule has 0 aromatic heterocycles. The molecule has 70 valence electrons. The van der Waals surface area contributed by atoms with Gasteiger partial charge in [0.05, 0.1) is 6.10 Å². The van der Waals surface area contributed by atoms with Crippen LogP contribution >= 0.6 is 0 Å². The van der Waals surface area contributed by atoms with Crippen LogP contribution in [0.4, 0.5) is 0 Å². The Morgan fingerprint density at radius 1 is 1.33 bits per heavy atom. The van der Waals surface area contributed by atoms with Gasteiger partial charge in [0.25, 0.3) is 0 Å². The Morgan fingerprint density at radius 3 is 2.50 bits per heavy atom. The summed E-state index contributed by atoms with van der Waals surface area (Å²) in [5.41, 5.74) is 1.41. The second-order valence-corrected chi connectivity index (χ2v) is 4.36. The van der Waals surface area contributed by atoms with Crippen LogP contribution in [-0.4, -0.2) is 11.2 Å². The van der Waals surface area contributed by atoms with E-state index in [-0.39, 0.29) is 6.10 Å². The minimum Gasteiger partial charge on any atom is -0.393 e. The molecule has 0 aliphatic heterocycles. The largest absolute Gasteiger partial charge is 0.393 e. The minimum absolute atomic E-state index is 0.0492. The van der Waals surface area contributed by atoms with Crippen LogP contribution in [0, 0.1) is 11.8 Å². The molecule has 1 aliphatic rings. The minimum atomic E-state index is -0.0492. The molecule has 0 heterocycles. The molecule has 0 aromatic rings. The third kappa shape index (κ3) is 2.63. The van der Waals surface area contributed by atoms with Crippen molar-refractivity contribution in [2.75, 3.05) is 0 Å². The van der Waals surface area contributed by atoms with Gasteiger partial charge in [-0.05, 0) is 44.9 Å². The first-order valence-electron chi connectivity index (χ1n) is 4.92. The summed E-state index contributed by atoms with van der Waals surface area (Å²) in [6, 6.07) is 0. The van der Waals surface area contributed by atoms with Gasteiger partial charge in [0, 0.05) is 0 Å². The van der Waals surface area contributed by atoms with Crippen molar-refractivity contribution in [1.82, 2.24) is 0 Å². The van der Waals surface area contributed by atoms with Crippen LogP contribution in [0.2, 0.25) is 0 Å². The molecule has 1 heteroatoms. The molecule has 1 nitrogen and oxygen atoms in total. The molecule has 1 N–H and O–H groups in total. The smallest absolute Gasteiger partial charge is 0.0566 e. The van der Waals surface area contributed by atoms with Crippen molar-refractivity contribution < 1.29 is 5.11 Å². The summed E-state index contributed by atoms with van der Waals surface area (Å²) in [4.78, 5) is 0. The molecule has 1 aliphatic carbocycles. The van der Waals surface area contributed by atoms with E-state index in [0.717, 1.165) is 19.3 Å². The monoisotopic (exact) mass is 168 g/mol. The van der Waals surface area contributed by atoms with Crippen molar-refractivity contribution in [1.29, 1.82) is 0 Å². The molecule has 0 radical (unpaired) electrons. The second kappa shape index (κ2) is 4.08. The fraction of sp³-hybridized carbons (Fsp3) is 0.818. The highest BCUT2D eigenvalue weighted by molar-refractivity contribution is 4.99. The molecular formula is C11H20O. The molecule has 1 saturated carbocycles. The summed E-state index contributed by atoms with van der Waals surface area (Å²) in [6.07, 6.45) is 5.60. The highest BCUT2D eigenvalue weighted by atomic mass is 16.3. The standard InChI is InChI=1S/C11H20O/c1-8(2)6-10-4-5-11(12)9(3)7-10/h6,9-12H,4-5,7H2,1-3H3. The lowest BCUT2D eigenvalue weighted by molar-refractivity contribution is 0.0661. The van der Waals surface area contributed by atoms with E-state index >= 15 is 0 Å². The van der Waals surface area contributed by atoms with Gasteiger partial charge >= 0.3 is 0 Å². The van der Waals surface area contributed by atoms with E-state index in [1.165, 1.54) is 5.57 Å². The quantitative estimate of drug-likeness (QED) is 0.597. The van der Waals surface area contributed by atoms with Crippen LogP contribution < -0.4 is 0 Å². The lowest BCUT2D eigenvalue weighted by Crippen LogP contribution is -2.26. The fourth-order valence-corrected chi connectivity index (χ4v) is 2.04. The SMILES string of the molecule is CC(C)=CC1CCC(O)C(C)C1. The predicted molar refractivity (Wildman–Crippen MR) is 51.9 cm³/mol. The van der Waals surface area contributed by atoms with Gasteiger partial charge in [-0.3, -0.25) is 0 Å². The number of rotatable bonds is 1. The first-order chi connectivity index (χ1) is 5.59. The van der Waals surface area contributed by atoms with Crippen LogP contribution in [0.5, 0.6) is 0 Å². The van der Waals surface area contributed by atoms with Gasteiger partial charge in [0.1, 0.15) is 0 Å². The van der Waals surface area contributed by atoms with E-state index in [1.54, 1.807) is 0 Å². The van der Waals surface area contributed by atoms with Gasteiger partial charge in [-0.15, -0.1) is 0 Å². The number of aliphatic hydroxyl groups is 1. The van der Waals surface area contributed by atoms with Crippen LogP contribution in [0.3, 0.4) is 0 Å². The maximum absolute atomic E-state index is 9.51. The first-order valence-corrected chi connectivity index (χ1v) is 4.92. The fourth-order valence-electron chi connectivity index (χ4n) is 2.04. The second-order valence-electron chi connectivity index (χ2n) is 4.36. The zero-order chi connectivity index (χ0) is 9.14. The molecule has 3 unspecified atom stereocenters. The van der Waals surface area contributed by atoms with E-state index in [1.807, 2.05) is 0 Å². The maximum atomic E-state index is 9.51. The molecule has 1 rings (SSSR count). The Labute approximate surface area is 75.5 Å². The number of allylic oxidation sites excluding steroid dienone is 2. The third-order valence-electron chi connectivity index (χ3n) is 2.73. The van der Waals surface area contributed by atoms with Crippen molar-refractivity contribution in [3.8, 4) is 0 Å². The van der Waals surface area contributed by atoms with E-state index < -0.39 is 0 Å². The average molecular weight is 168 g/mol. The zero-order valence-electron chi connectivity index (χ0n) is 8.38. The van der Waals surface area contributed by atoms with Gasteiger partial charge in [0.15, 0.2) is 0 Å². The summed E-state index contributed by atoms with van der Waals surface area (Å²) in [6.45, 7) is 6.45. The summed E-state index contributed by atoms with van der Waals surface area (Å²) in [5.74, 6) is 1.20. The molecule has 0 saturated heterocycles. The molecule has 1 fully saturated rings. The summed E-state index contributed by atoms with van der Waals surface area (Å²) in [5, 5.41) is 9.51. The molecule has 12 heavy (non-hydrogen) atoms. The summed E-state index contributed by atoms with van der Waals surface area (Å²) < 4.78 is 0. The average Bonchev–Trinajstić information content (AvgIpc) is 1.96. The highest BCUT2D eigenvalue weighted by Crippen LogP contribution is 2.30. The maximum Gasteiger partial charge on any atom is 0.0566 e. The first kappa shape index (κ1) is 9.79. The van der Waals surface area contributed by atoms with E-state index in [0.29, 0.717) is 11.8 Å². The van der Waals surface area contributed by atoms with Crippen molar-refractivity contribution >= 4 is 0 Å². The lowest BCUT2D eigenvalue weighted by Gasteiger charge is -2.29. The molecule has 3 atom stereocenters. The van der Waals surface area contributed by atoms with Crippen molar-refractivity contribution in [2.24, 2.45) is 11.8 Å². The van der Waals surface area contributed by atoms with E-state index in [2.05, 4.69) is 26.8 Å². The topological polar surface area (TPSA) is 20.2 Å². The van der Waals surface area contributed by atoms with Crippen molar-refractivity contribution in [2.45, 2.75) is 46.1 Å². The number of hydrogen-bond donors (Lipinski definition) is 1. The normalized spacial score (nSPS) is 36.2. The van der Waals surface area contributed by atoms with E-state index in [9.17, 15) is 5.11 Å². The lowest BCUT2D eigenvalue weighted by atomic mass is 9.80. The predicted octanol–water partition coefficient (Wildman–Crippen LogP) is 2.75. The van der Waals surface area contributed by atoms with Gasteiger partial charge in [-0.25, -0.2) is 0 Å². The Bertz CT molecular complexity index is 168. The number of hydrogen-bond acceptors (Lipinski definition) is 1. The van der Waals surface area contributed by atoms with E-state index in [4.69, 9.17) is 0 Å². The summed E-state index contributed by atoms with van der Waals surface area (Å²) >= 11 is 0. The van der Waals surface area contributed by atoms with Crippen LogP contribution in [0.1, 0.15) is 40.0 Å². The van der Waals surface area contributed by atoms with Gasteiger partial charge in [-0.1, -0.05) is 18.6 Å². The molecule has 0 aromatic carbocycles. The van der Waals surface area contributed by atoms with Crippen LogP contribution in [-0.2, 0) is 0 Å². The Morgan fingerprint density at radius 2 is 2.00 bits per heavy atom. The molecule has 0 amide bonds. The van der Waals surface area contributed by atoms with Crippen LogP contribution in [0.25, 0.3) is 0 Å². The molecule has 0 bridgehead atoms. The number of aliphatic hydroxyl groups excluding tert-OH is 1. The summed E-state index contributed by atoms with van der Waals surface area (Å²) in [7, 11) is 0. The third-order valence-corrected chi connectivity index (χ3v) is 2.73.